The first-order chi connectivity index (χ1) is 6.70. The summed E-state index contributed by atoms with van der Waals surface area (Å²) in [6, 6.07) is 6.41. The third-order valence-corrected chi connectivity index (χ3v) is 3.76. The van der Waals surface area contributed by atoms with Crippen molar-refractivity contribution in [3.8, 4) is 0 Å². The Hall–Kier alpha value is -0.890. The molecule has 2 saturated carbocycles. The molecule has 2 heteroatoms. The maximum Gasteiger partial charge on any atom is 0.123 e. The minimum atomic E-state index is -0.729. The Morgan fingerprint density at radius 3 is 2.86 bits per heavy atom. The van der Waals surface area contributed by atoms with Crippen LogP contribution in [0, 0.1) is 17.7 Å². The highest BCUT2D eigenvalue weighted by atomic mass is 19.1. The van der Waals surface area contributed by atoms with Crippen LogP contribution in [-0.2, 0) is 5.60 Å². The van der Waals surface area contributed by atoms with Crippen LogP contribution in [0.25, 0.3) is 0 Å². The number of halogens is 1. The standard InChI is InChI=1S/C12H13FO/c13-10-3-1-2-9(7-10)12(14)5-4-8-6-11(8)12/h1-3,7-8,11,14H,4-6H2. The molecule has 0 heterocycles. The lowest BCUT2D eigenvalue weighted by Crippen LogP contribution is -2.25. The first-order valence-electron chi connectivity index (χ1n) is 5.18. The molecule has 74 valence electrons. The molecule has 0 aliphatic heterocycles. The molecule has 2 aliphatic rings. The minimum absolute atomic E-state index is 0.250. The third-order valence-electron chi connectivity index (χ3n) is 3.76. The molecule has 14 heavy (non-hydrogen) atoms. The van der Waals surface area contributed by atoms with E-state index in [1.165, 1.54) is 12.1 Å². The summed E-state index contributed by atoms with van der Waals surface area (Å²) in [5, 5.41) is 10.4. The Balaban J connectivity index is 2.01. The predicted molar refractivity (Wildman–Crippen MR) is 51.1 cm³/mol. The van der Waals surface area contributed by atoms with Gasteiger partial charge in [-0.2, -0.15) is 0 Å². The number of hydrogen-bond acceptors (Lipinski definition) is 1. The Morgan fingerprint density at radius 1 is 1.43 bits per heavy atom. The summed E-state index contributed by atoms with van der Waals surface area (Å²) in [4.78, 5) is 0. The zero-order valence-corrected chi connectivity index (χ0v) is 7.91. The third kappa shape index (κ3) is 1.04. The van der Waals surface area contributed by atoms with Gasteiger partial charge in [-0.15, -0.1) is 0 Å². The highest BCUT2D eigenvalue weighted by molar-refractivity contribution is 5.28. The van der Waals surface area contributed by atoms with E-state index in [1.54, 1.807) is 6.07 Å². The first kappa shape index (κ1) is 8.42. The lowest BCUT2D eigenvalue weighted by Gasteiger charge is -2.25. The summed E-state index contributed by atoms with van der Waals surface area (Å²) < 4.78 is 13.0. The van der Waals surface area contributed by atoms with Gasteiger partial charge in [0.2, 0.25) is 0 Å². The van der Waals surface area contributed by atoms with Crippen molar-refractivity contribution in [3.05, 3.63) is 35.6 Å². The Kier molecular flexibility index (Phi) is 1.55. The molecule has 3 atom stereocenters. The van der Waals surface area contributed by atoms with Crippen molar-refractivity contribution < 1.29 is 9.50 Å². The Bertz CT molecular complexity index is 376. The second-order valence-corrected chi connectivity index (χ2v) is 4.58. The summed E-state index contributed by atoms with van der Waals surface area (Å²) in [5.41, 5.74) is 0.0368. The first-order valence-corrected chi connectivity index (χ1v) is 5.18. The Labute approximate surface area is 82.6 Å². The fraction of sp³-hybridized carbons (Fsp3) is 0.500. The molecule has 3 unspecified atom stereocenters. The average Bonchev–Trinajstić information content (AvgIpc) is 2.88. The van der Waals surface area contributed by atoms with Gasteiger partial charge >= 0.3 is 0 Å². The molecule has 0 bridgehead atoms. The molecular formula is C12H13FO. The van der Waals surface area contributed by atoms with Crippen LogP contribution in [-0.4, -0.2) is 5.11 Å². The van der Waals surface area contributed by atoms with Crippen LogP contribution in [0.15, 0.2) is 24.3 Å². The topological polar surface area (TPSA) is 20.2 Å². The van der Waals surface area contributed by atoms with Crippen LogP contribution >= 0.6 is 0 Å². The minimum Gasteiger partial charge on any atom is -0.385 e. The maximum atomic E-state index is 13.0. The molecule has 1 aromatic carbocycles. The molecule has 1 N–H and O–H groups in total. The van der Waals surface area contributed by atoms with Crippen LogP contribution in [0.5, 0.6) is 0 Å². The zero-order chi connectivity index (χ0) is 9.76. The summed E-state index contributed by atoms with van der Waals surface area (Å²) in [5.74, 6) is 0.840. The largest absolute Gasteiger partial charge is 0.385 e. The molecular weight excluding hydrogens is 179 g/mol. The smallest absolute Gasteiger partial charge is 0.123 e. The average molecular weight is 192 g/mol. The Morgan fingerprint density at radius 2 is 2.29 bits per heavy atom. The van der Waals surface area contributed by atoms with Crippen LogP contribution in [0.3, 0.4) is 0 Å². The van der Waals surface area contributed by atoms with Gasteiger partial charge in [0.05, 0.1) is 5.60 Å². The second kappa shape index (κ2) is 2.57. The van der Waals surface area contributed by atoms with Crippen molar-refractivity contribution in [3.63, 3.8) is 0 Å². The van der Waals surface area contributed by atoms with E-state index in [0.717, 1.165) is 24.8 Å². The normalized spacial score (nSPS) is 39.6. The van der Waals surface area contributed by atoms with E-state index in [4.69, 9.17) is 0 Å². The van der Waals surface area contributed by atoms with E-state index < -0.39 is 5.60 Å². The SMILES string of the molecule is OC1(c2cccc(F)c2)CCC2CC21. The van der Waals surface area contributed by atoms with Gasteiger partial charge < -0.3 is 5.11 Å². The van der Waals surface area contributed by atoms with Gasteiger partial charge in [-0.05, 0) is 48.8 Å². The fourth-order valence-electron chi connectivity index (χ4n) is 2.86. The lowest BCUT2D eigenvalue weighted by atomic mass is 9.89. The molecule has 0 aromatic heterocycles. The molecule has 1 aromatic rings. The molecule has 0 amide bonds. The van der Waals surface area contributed by atoms with Crippen molar-refractivity contribution in [1.29, 1.82) is 0 Å². The van der Waals surface area contributed by atoms with Gasteiger partial charge in [-0.1, -0.05) is 12.1 Å². The summed E-state index contributed by atoms with van der Waals surface area (Å²) in [6.45, 7) is 0. The zero-order valence-electron chi connectivity index (χ0n) is 7.91. The van der Waals surface area contributed by atoms with Crippen LogP contribution < -0.4 is 0 Å². The van der Waals surface area contributed by atoms with Gasteiger partial charge in [0.25, 0.3) is 0 Å². The maximum absolute atomic E-state index is 13.0. The molecule has 2 aliphatic carbocycles. The van der Waals surface area contributed by atoms with E-state index in [2.05, 4.69) is 0 Å². The fourth-order valence-corrected chi connectivity index (χ4v) is 2.86. The molecule has 1 nitrogen and oxygen atoms in total. The van der Waals surface area contributed by atoms with Gasteiger partial charge in [0, 0.05) is 0 Å². The lowest BCUT2D eigenvalue weighted by molar-refractivity contribution is 0.0204. The van der Waals surface area contributed by atoms with Crippen molar-refractivity contribution in [2.75, 3.05) is 0 Å². The van der Waals surface area contributed by atoms with E-state index in [0.29, 0.717) is 11.8 Å². The van der Waals surface area contributed by atoms with Crippen LogP contribution in [0.2, 0.25) is 0 Å². The van der Waals surface area contributed by atoms with Crippen LogP contribution in [0.1, 0.15) is 24.8 Å². The van der Waals surface area contributed by atoms with Crippen LogP contribution in [0.4, 0.5) is 4.39 Å². The van der Waals surface area contributed by atoms with Crippen molar-refractivity contribution >= 4 is 0 Å². The number of aliphatic hydroxyl groups is 1. The van der Waals surface area contributed by atoms with Crippen molar-refractivity contribution in [1.82, 2.24) is 0 Å². The number of benzene rings is 1. The molecule has 0 radical (unpaired) electrons. The summed E-state index contributed by atoms with van der Waals surface area (Å²) in [7, 11) is 0. The van der Waals surface area contributed by atoms with Crippen molar-refractivity contribution in [2.45, 2.75) is 24.9 Å². The predicted octanol–water partition coefficient (Wildman–Crippen LogP) is 2.44. The van der Waals surface area contributed by atoms with Gasteiger partial charge in [0.1, 0.15) is 5.82 Å². The molecule has 0 spiro atoms. The van der Waals surface area contributed by atoms with Gasteiger partial charge in [0.15, 0.2) is 0 Å². The highest BCUT2D eigenvalue weighted by Crippen LogP contribution is 2.61. The summed E-state index contributed by atoms with van der Waals surface area (Å²) in [6.07, 6.45) is 3.01. The molecule has 0 saturated heterocycles. The van der Waals surface area contributed by atoms with E-state index >= 15 is 0 Å². The molecule has 3 rings (SSSR count). The number of rotatable bonds is 1. The second-order valence-electron chi connectivity index (χ2n) is 4.58. The van der Waals surface area contributed by atoms with E-state index in [1.807, 2.05) is 6.07 Å². The molecule has 2 fully saturated rings. The monoisotopic (exact) mass is 192 g/mol. The number of hydrogen-bond donors (Lipinski definition) is 1. The number of fused-ring (bicyclic) bond motifs is 1. The van der Waals surface area contributed by atoms with Gasteiger partial charge in [-0.3, -0.25) is 0 Å². The summed E-state index contributed by atoms with van der Waals surface area (Å²) >= 11 is 0. The quantitative estimate of drug-likeness (QED) is 0.724. The van der Waals surface area contributed by atoms with E-state index in [-0.39, 0.29) is 5.82 Å². The highest BCUT2D eigenvalue weighted by Gasteiger charge is 2.57. The van der Waals surface area contributed by atoms with Crippen molar-refractivity contribution in [2.24, 2.45) is 11.8 Å². The van der Waals surface area contributed by atoms with E-state index in [9.17, 15) is 9.50 Å². The van der Waals surface area contributed by atoms with Gasteiger partial charge in [-0.25, -0.2) is 4.39 Å².